The van der Waals surface area contributed by atoms with Crippen molar-refractivity contribution in [1.82, 2.24) is 4.98 Å². The number of rotatable bonds is 0. The Balaban J connectivity index is 2.51. The van der Waals surface area contributed by atoms with Gasteiger partial charge in [0.05, 0.1) is 11.4 Å². The summed E-state index contributed by atoms with van der Waals surface area (Å²) in [6.07, 6.45) is 0. The summed E-state index contributed by atoms with van der Waals surface area (Å²) >= 11 is 0. The van der Waals surface area contributed by atoms with Crippen LogP contribution in [0.4, 0.5) is 11.4 Å². The fourth-order valence-electron chi connectivity index (χ4n) is 2.01. The number of aromatic amines is 1. The molecule has 0 amide bonds. The van der Waals surface area contributed by atoms with Crippen LogP contribution in [0.25, 0.3) is 21.8 Å². The van der Waals surface area contributed by atoms with Crippen LogP contribution in [0.2, 0.25) is 0 Å². The number of aromatic hydroxyl groups is 2. The van der Waals surface area contributed by atoms with Gasteiger partial charge in [0.15, 0.2) is 0 Å². The monoisotopic (exact) mass is 229 g/mol. The number of hydrogen-bond donors (Lipinski definition) is 5. The molecule has 0 fully saturated rings. The maximum atomic E-state index is 9.59. The fourth-order valence-corrected chi connectivity index (χ4v) is 2.01. The molecule has 3 rings (SSSR count). The van der Waals surface area contributed by atoms with E-state index >= 15 is 0 Å². The van der Waals surface area contributed by atoms with E-state index in [-0.39, 0.29) is 11.5 Å². The predicted molar refractivity (Wildman–Crippen MR) is 68.0 cm³/mol. The highest BCUT2D eigenvalue weighted by molar-refractivity contribution is 6.10. The van der Waals surface area contributed by atoms with Gasteiger partial charge in [-0.05, 0) is 24.3 Å². The zero-order chi connectivity index (χ0) is 12.2. The summed E-state index contributed by atoms with van der Waals surface area (Å²) in [6, 6.07) is 6.44. The predicted octanol–water partition coefficient (Wildman–Crippen LogP) is 1.90. The van der Waals surface area contributed by atoms with Crippen LogP contribution < -0.4 is 11.5 Å². The lowest BCUT2D eigenvalue weighted by atomic mass is 10.1. The molecule has 7 N–H and O–H groups in total. The number of nitrogens with two attached hydrogens (primary N) is 2. The molecule has 0 spiro atoms. The quantitative estimate of drug-likeness (QED) is 0.299. The molecule has 0 atom stereocenters. The standard InChI is InChI=1S/C12H11N3O2/c13-7-3-9-5(1-11(7)16)6-2-12(17)8(14)4-10(6)15-9/h1-4,15-17H,13-14H2. The maximum Gasteiger partial charge on any atom is 0.139 e. The third-order valence-corrected chi connectivity index (χ3v) is 2.89. The van der Waals surface area contributed by atoms with Gasteiger partial charge in [-0.25, -0.2) is 0 Å². The van der Waals surface area contributed by atoms with Crippen molar-refractivity contribution in [2.24, 2.45) is 0 Å². The van der Waals surface area contributed by atoms with Gasteiger partial charge in [0, 0.05) is 21.8 Å². The van der Waals surface area contributed by atoms with Crippen LogP contribution in [0.1, 0.15) is 0 Å². The van der Waals surface area contributed by atoms with Crippen LogP contribution in [0.3, 0.4) is 0 Å². The SMILES string of the molecule is Nc1cc2[nH]c3cc(N)c(O)cc3c2cc1O. The van der Waals surface area contributed by atoms with Crippen molar-refractivity contribution in [2.45, 2.75) is 0 Å². The van der Waals surface area contributed by atoms with Crippen LogP contribution in [-0.2, 0) is 0 Å². The molecule has 17 heavy (non-hydrogen) atoms. The molecule has 0 aliphatic rings. The maximum absolute atomic E-state index is 9.59. The third kappa shape index (κ3) is 1.25. The van der Waals surface area contributed by atoms with Crippen LogP contribution in [0.5, 0.6) is 11.5 Å². The van der Waals surface area contributed by atoms with E-state index in [1.165, 1.54) is 0 Å². The number of anilines is 2. The zero-order valence-electron chi connectivity index (χ0n) is 8.86. The average Bonchev–Trinajstić information content (AvgIpc) is 2.58. The van der Waals surface area contributed by atoms with E-state index in [9.17, 15) is 10.2 Å². The van der Waals surface area contributed by atoms with Gasteiger partial charge >= 0.3 is 0 Å². The second kappa shape index (κ2) is 2.98. The first kappa shape index (κ1) is 9.65. The molecule has 0 saturated carbocycles. The summed E-state index contributed by atoms with van der Waals surface area (Å²) in [7, 11) is 0. The minimum Gasteiger partial charge on any atom is -0.506 e. The Hall–Kier alpha value is -2.56. The Morgan fingerprint density at radius 3 is 1.59 bits per heavy atom. The van der Waals surface area contributed by atoms with Crippen molar-refractivity contribution in [2.75, 3.05) is 11.5 Å². The number of phenols is 2. The largest absolute Gasteiger partial charge is 0.506 e. The number of fused-ring (bicyclic) bond motifs is 3. The Labute approximate surface area is 96.3 Å². The van der Waals surface area contributed by atoms with Gasteiger partial charge in [-0.15, -0.1) is 0 Å². The lowest BCUT2D eigenvalue weighted by molar-refractivity contribution is 0.478. The molecule has 5 heteroatoms. The van der Waals surface area contributed by atoms with Crippen LogP contribution in [0, 0.1) is 0 Å². The topological polar surface area (TPSA) is 108 Å². The summed E-state index contributed by atoms with van der Waals surface area (Å²) in [5.74, 6) is 0.0458. The van der Waals surface area contributed by atoms with Crippen LogP contribution in [-0.4, -0.2) is 15.2 Å². The molecule has 0 bridgehead atoms. The first-order valence-corrected chi connectivity index (χ1v) is 5.08. The van der Waals surface area contributed by atoms with E-state index in [1.807, 2.05) is 0 Å². The zero-order valence-corrected chi connectivity index (χ0v) is 8.86. The minimum atomic E-state index is 0.0229. The van der Waals surface area contributed by atoms with Crippen molar-refractivity contribution in [3.8, 4) is 11.5 Å². The number of aromatic nitrogens is 1. The number of nitrogens with one attached hydrogen (secondary N) is 1. The van der Waals surface area contributed by atoms with E-state index in [0.29, 0.717) is 11.4 Å². The molecule has 86 valence electrons. The molecule has 3 aromatic rings. The smallest absolute Gasteiger partial charge is 0.139 e. The Kier molecular flexibility index (Phi) is 1.69. The molecule has 1 aromatic heterocycles. The lowest BCUT2D eigenvalue weighted by Gasteiger charge is -1.99. The molecular weight excluding hydrogens is 218 g/mol. The molecule has 2 aromatic carbocycles. The average molecular weight is 229 g/mol. The number of phenolic OH excluding ortho intramolecular Hbond substituents is 2. The van der Waals surface area contributed by atoms with E-state index in [0.717, 1.165) is 21.8 Å². The Bertz CT molecular complexity index is 684. The molecule has 1 heterocycles. The van der Waals surface area contributed by atoms with E-state index in [4.69, 9.17) is 11.5 Å². The van der Waals surface area contributed by atoms with Crippen LogP contribution in [0.15, 0.2) is 24.3 Å². The van der Waals surface area contributed by atoms with Crippen molar-refractivity contribution in [1.29, 1.82) is 0 Å². The molecule has 0 aliphatic heterocycles. The first-order valence-electron chi connectivity index (χ1n) is 5.08. The molecular formula is C12H11N3O2. The summed E-state index contributed by atoms with van der Waals surface area (Å²) < 4.78 is 0. The van der Waals surface area contributed by atoms with Crippen molar-refractivity contribution in [3.05, 3.63) is 24.3 Å². The molecule has 0 unspecified atom stereocenters. The van der Waals surface area contributed by atoms with E-state index in [2.05, 4.69) is 4.98 Å². The van der Waals surface area contributed by atoms with Crippen molar-refractivity contribution < 1.29 is 10.2 Å². The lowest BCUT2D eigenvalue weighted by Crippen LogP contribution is -1.84. The van der Waals surface area contributed by atoms with Crippen molar-refractivity contribution in [3.63, 3.8) is 0 Å². The first-order chi connectivity index (χ1) is 8.06. The van der Waals surface area contributed by atoms with Gasteiger partial charge in [-0.2, -0.15) is 0 Å². The number of hydrogen-bond acceptors (Lipinski definition) is 4. The van der Waals surface area contributed by atoms with Crippen LogP contribution >= 0.6 is 0 Å². The molecule has 0 saturated heterocycles. The second-order valence-corrected chi connectivity index (χ2v) is 4.04. The summed E-state index contributed by atoms with van der Waals surface area (Å²) in [6.45, 7) is 0. The van der Waals surface area contributed by atoms with Gasteiger partial charge in [-0.1, -0.05) is 0 Å². The highest BCUT2D eigenvalue weighted by atomic mass is 16.3. The number of H-pyrrole nitrogens is 1. The summed E-state index contributed by atoms with van der Waals surface area (Å²) in [4.78, 5) is 3.13. The van der Waals surface area contributed by atoms with Gasteiger partial charge in [0.25, 0.3) is 0 Å². The highest BCUT2D eigenvalue weighted by Gasteiger charge is 2.09. The summed E-state index contributed by atoms with van der Waals surface area (Å²) in [5.41, 5.74) is 13.4. The molecule has 5 nitrogen and oxygen atoms in total. The number of benzene rings is 2. The fraction of sp³-hybridized carbons (Fsp3) is 0. The second-order valence-electron chi connectivity index (χ2n) is 4.04. The van der Waals surface area contributed by atoms with E-state index in [1.54, 1.807) is 24.3 Å². The molecule has 0 radical (unpaired) electrons. The number of nitrogen functional groups attached to an aromatic ring is 2. The normalized spacial score (nSPS) is 11.3. The van der Waals surface area contributed by atoms with Gasteiger partial charge < -0.3 is 26.7 Å². The Morgan fingerprint density at radius 1 is 0.765 bits per heavy atom. The summed E-state index contributed by atoms with van der Waals surface area (Å²) in [5, 5.41) is 20.8. The van der Waals surface area contributed by atoms with E-state index < -0.39 is 0 Å². The van der Waals surface area contributed by atoms with Gasteiger partial charge in [-0.3, -0.25) is 0 Å². The molecule has 0 aliphatic carbocycles. The van der Waals surface area contributed by atoms with Gasteiger partial charge in [0.2, 0.25) is 0 Å². The highest BCUT2D eigenvalue weighted by Crippen LogP contribution is 2.35. The Morgan fingerprint density at radius 2 is 1.18 bits per heavy atom. The van der Waals surface area contributed by atoms with Gasteiger partial charge in [0.1, 0.15) is 11.5 Å². The van der Waals surface area contributed by atoms with Crippen molar-refractivity contribution >= 4 is 33.2 Å². The third-order valence-electron chi connectivity index (χ3n) is 2.89. The minimum absolute atomic E-state index is 0.0229.